The van der Waals surface area contributed by atoms with Gasteiger partial charge in [-0.3, -0.25) is 10.1 Å². The van der Waals surface area contributed by atoms with Crippen molar-refractivity contribution in [1.29, 1.82) is 0 Å². The fraction of sp³-hybridized carbons (Fsp3) is 0.333. The van der Waals surface area contributed by atoms with Crippen molar-refractivity contribution in [2.75, 3.05) is 6.61 Å². The summed E-state index contributed by atoms with van der Waals surface area (Å²) >= 11 is 0. The summed E-state index contributed by atoms with van der Waals surface area (Å²) in [7, 11) is 0. The first-order chi connectivity index (χ1) is 3.72. The summed E-state index contributed by atoms with van der Waals surface area (Å²) in [6, 6.07) is 0. The van der Waals surface area contributed by atoms with E-state index in [0.717, 1.165) is 0 Å². The zero-order valence-corrected chi connectivity index (χ0v) is 3.94. The standard InChI is InChI=1S/C3H5NO4/c5-1-3(2-6)4(7)8/h1,5-6H,2H2. The Morgan fingerprint density at radius 3 is 2.38 bits per heavy atom. The minimum absolute atomic E-state index is 0.264. The van der Waals surface area contributed by atoms with Crippen molar-refractivity contribution in [1.82, 2.24) is 0 Å². The molecule has 5 heteroatoms. The highest BCUT2D eigenvalue weighted by atomic mass is 16.6. The van der Waals surface area contributed by atoms with E-state index >= 15 is 0 Å². The molecule has 0 radical (unpaired) electrons. The summed E-state index contributed by atoms with van der Waals surface area (Å²) < 4.78 is 0. The summed E-state index contributed by atoms with van der Waals surface area (Å²) in [5.74, 6) is 0. The second kappa shape index (κ2) is 2.98. The molecule has 0 aromatic carbocycles. The fourth-order valence-electron chi connectivity index (χ4n) is 0.146. The second-order valence-electron chi connectivity index (χ2n) is 1.04. The van der Waals surface area contributed by atoms with E-state index in [2.05, 4.69) is 0 Å². The number of aliphatic hydroxyl groups excluding tert-OH is 2. The molecule has 0 aliphatic rings. The number of nitro groups is 1. The Balaban J connectivity index is 3.92. The molecule has 0 bridgehead atoms. The smallest absolute Gasteiger partial charge is 0.305 e. The van der Waals surface area contributed by atoms with Crippen LogP contribution in [0.15, 0.2) is 12.0 Å². The highest BCUT2D eigenvalue weighted by Gasteiger charge is 2.05. The molecule has 0 aromatic heterocycles. The van der Waals surface area contributed by atoms with E-state index in [4.69, 9.17) is 10.2 Å². The molecule has 0 spiro atoms. The SMILES string of the molecule is O=[N+]([O-])C(=CO)CO. The van der Waals surface area contributed by atoms with Gasteiger partial charge in [-0.05, 0) is 0 Å². The quantitative estimate of drug-likeness (QED) is 0.295. The summed E-state index contributed by atoms with van der Waals surface area (Å²) in [5.41, 5.74) is -0.606. The van der Waals surface area contributed by atoms with Crippen LogP contribution in [-0.4, -0.2) is 21.7 Å². The van der Waals surface area contributed by atoms with Gasteiger partial charge in [-0.1, -0.05) is 0 Å². The topological polar surface area (TPSA) is 83.6 Å². The molecule has 0 aliphatic heterocycles. The Labute approximate surface area is 45.0 Å². The summed E-state index contributed by atoms with van der Waals surface area (Å²) in [5, 5.41) is 25.5. The van der Waals surface area contributed by atoms with Crippen LogP contribution in [0.2, 0.25) is 0 Å². The van der Waals surface area contributed by atoms with Crippen LogP contribution in [-0.2, 0) is 0 Å². The number of nitrogens with zero attached hydrogens (tertiary/aromatic N) is 1. The predicted octanol–water partition coefficient (Wildman–Crippen LogP) is -0.345. The lowest BCUT2D eigenvalue weighted by atomic mass is 10.5. The minimum Gasteiger partial charge on any atom is -0.509 e. The number of aliphatic hydroxyl groups is 2. The third-order valence-electron chi connectivity index (χ3n) is 0.546. The monoisotopic (exact) mass is 119 g/mol. The van der Waals surface area contributed by atoms with Gasteiger partial charge in [0.1, 0.15) is 6.61 Å². The predicted molar refractivity (Wildman–Crippen MR) is 24.8 cm³/mol. The molecule has 0 amide bonds. The first kappa shape index (κ1) is 6.90. The molecule has 0 fully saturated rings. The van der Waals surface area contributed by atoms with Crippen molar-refractivity contribution < 1.29 is 15.1 Å². The van der Waals surface area contributed by atoms with Crippen LogP contribution >= 0.6 is 0 Å². The number of hydrogen-bond acceptors (Lipinski definition) is 4. The third-order valence-corrected chi connectivity index (χ3v) is 0.546. The number of rotatable bonds is 2. The van der Waals surface area contributed by atoms with Gasteiger partial charge in [0.15, 0.2) is 6.26 Å². The Bertz CT molecular complexity index is 118. The third kappa shape index (κ3) is 1.57. The highest BCUT2D eigenvalue weighted by molar-refractivity contribution is 4.82. The van der Waals surface area contributed by atoms with Crippen LogP contribution in [0, 0.1) is 10.1 Å². The van der Waals surface area contributed by atoms with E-state index in [-0.39, 0.29) is 6.26 Å². The van der Waals surface area contributed by atoms with Crippen molar-refractivity contribution in [3.8, 4) is 0 Å². The average molecular weight is 119 g/mol. The molecule has 0 aromatic rings. The maximum absolute atomic E-state index is 9.58. The molecule has 46 valence electrons. The van der Waals surface area contributed by atoms with Crippen LogP contribution in [0.5, 0.6) is 0 Å². The zero-order valence-electron chi connectivity index (χ0n) is 3.94. The Morgan fingerprint density at radius 1 is 1.88 bits per heavy atom. The molecule has 0 atom stereocenters. The first-order valence-electron chi connectivity index (χ1n) is 1.81. The van der Waals surface area contributed by atoms with Gasteiger partial charge in [0.05, 0.1) is 4.92 Å². The molecule has 2 N–H and O–H groups in total. The van der Waals surface area contributed by atoms with E-state index in [1.165, 1.54) is 0 Å². The van der Waals surface area contributed by atoms with Crippen molar-refractivity contribution in [2.24, 2.45) is 0 Å². The number of hydrogen-bond donors (Lipinski definition) is 2. The van der Waals surface area contributed by atoms with Crippen molar-refractivity contribution >= 4 is 0 Å². The van der Waals surface area contributed by atoms with Crippen LogP contribution in [0.4, 0.5) is 0 Å². The van der Waals surface area contributed by atoms with E-state index in [1.807, 2.05) is 0 Å². The van der Waals surface area contributed by atoms with Crippen LogP contribution in [0.1, 0.15) is 0 Å². The maximum Gasteiger partial charge on any atom is 0.305 e. The fourth-order valence-corrected chi connectivity index (χ4v) is 0.146. The molecule has 0 saturated heterocycles. The molecular formula is C3H5NO4. The molecule has 0 rings (SSSR count). The van der Waals surface area contributed by atoms with Crippen LogP contribution in [0.25, 0.3) is 0 Å². The van der Waals surface area contributed by atoms with Gasteiger partial charge in [0, 0.05) is 0 Å². The van der Waals surface area contributed by atoms with Gasteiger partial charge < -0.3 is 10.2 Å². The minimum atomic E-state index is -0.861. The Kier molecular flexibility index (Phi) is 2.57. The van der Waals surface area contributed by atoms with Gasteiger partial charge in [-0.25, -0.2) is 0 Å². The van der Waals surface area contributed by atoms with Crippen molar-refractivity contribution in [3.63, 3.8) is 0 Å². The van der Waals surface area contributed by atoms with Crippen molar-refractivity contribution in [3.05, 3.63) is 22.1 Å². The van der Waals surface area contributed by atoms with E-state index in [1.54, 1.807) is 0 Å². The molecular weight excluding hydrogens is 114 g/mol. The van der Waals surface area contributed by atoms with E-state index in [0.29, 0.717) is 0 Å². The summed E-state index contributed by atoms with van der Waals surface area (Å²) in [6.45, 7) is -0.747. The Morgan fingerprint density at radius 2 is 2.38 bits per heavy atom. The van der Waals surface area contributed by atoms with Crippen molar-refractivity contribution in [2.45, 2.75) is 0 Å². The maximum atomic E-state index is 9.58. The van der Waals surface area contributed by atoms with Gasteiger partial charge in [-0.2, -0.15) is 0 Å². The molecule has 5 nitrogen and oxygen atoms in total. The molecule has 0 unspecified atom stereocenters. The average Bonchev–Trinajstić information content (AvgIpc) is 1.69. The van der Waals surface area contributed by atoms with Gasteiger partial charge in [0.2, 0.25) is 0 Å². The largest absolute Gasteiger partial charge is 0.509 e. The lowest BCUT2D eigenvalue weighted by Crippen LogP contribution is -2.02. The highest BCUT2D eigenvalue weighted by Crippen LogP contribution is 1.88. The van der Waals surface area contributed by atoms with Crippen LogP contribution < -0.4 is 0 Å². The van der Waals surface area contributed by atoms with Gasteiger partial charge >= 0.3 is 5.70 Å². The first-order valence-corrected chi connectivity index (χ1v) is 1.81. The van der Waals surface area contributed by atoms with Crippen LogP contribution in [0.3, 0.4) is 0 Å². The summed E-state index contributed by atoms with van der Waals surface area (Å²) in [4.78, 5) is 8.72. The zero-order chi connectivity index (χ0) is 6.57. The second-order valence-corrected chi connectivity index (χ2v) is 1.04. The van der Waals surface area contributed by atoms with Gasteiger partial charge in [-0.15, -0.1) is 0 Å². The molecule has 8 heavy (non-hydrogen) atoms. The van der Waals surface area contributed by atoms with Gasteiger partial charge in [0.25, 0.3) is 0 Å². The van der Waals surface area contributed by atoms with E-state index < -0.39 is 17.2 Å². The molecule has 0 saturated carbocycles. The van der Waals surface area contributed by atoms with E-state index in [9.17, 15) is 10.1 Å². The Hall–Kier alpha value is -1.10. The lowest BCUT2D eigenvalue weighted by molar-refractivity contribution is -0.431. The molecule has 0 aliphatic carbocycles. The normalized spacial score (nSPS) is 11.4. The summed E-state index contributed by atoms with van der Waals surface area (Å²) in [6.07, 6.45) is 0.264. The lowest BCUT2D eigenvalue weighted by Gasteiger charge is -1.86. The molecule has 0 heterocycles.